The third-order valence-electron chi connectivity index (χ3n) is 4.26. The van der Waals surface area contributed by atoms with Crippen molar-refractivity contribution in [3.05, 3.63) is 68.7 Å². The summed E-state index contributed by atoms with van der Waals surface area (Å²) in [6, 6.07) is 6.59. The predicted molar refractivity (Wildman–Crippen MR) is 103 cm³/mol. The number of benzene rings is 1. The average molecular weight is 462 g/mol. The van der Waals surface area contributed by atoms with Crippen LogP contribution in [0.2, 0.25) is 0 Å². The van der Waals surface area contributed by atoms with Gasteiger partial charge in [-0.15, -0.1) is 10.2 Å². The number of nitrogens with zero attached hydrogens (tertiary/aromatic N) is 3. The molecule has 0 radical (unpaired) electrons. The van der Waals surface area contributed by atoms with Gasteiger partial charge in [-0.2, -0.15) is 0 Å². The minimum Gasteiger partial charge on any atom is -0.508 e. The number of carbonyl (C=O) groups is 2. The normalized spacial score (nSPS) is 16.9. The van der Waals surface area contributed by atoms with Crippen molar-refractivity contribution in [3.63, 3.8) is 0 Å². The fourth-order valence-electron chi connectivity index (χ4n) is 3.03. The number of aromatic nitrogens is 2. The molecule has 1 amide bonds. The van der Waals surface area contributed by atoms with E-state index in [1.54, 1.807) is 25.1 Å². The molecule has 10 heteroatoms. The summed E-state index contributed by atoms with van der Waals surface area (Å²) in [6.45, 7) is 1.68. The van der Waals surface area contributed by atoms with Crippen LogP contribution in [0.25, 0.3) is 0 Å². The molecule has 1 aliphatic rings. The number of anilines is 1. The van der Waals surface area contributed by atoms with E-state index in [2.05, 4.69) is 26.1 Å². The SMILES string of the molecule is Cc1ccc(C(=O)C2=C(O)C(=O)N(c3nncs3)C2c2cc(Br)ccc2O)o1. The van der Waals surface area contributed by atoms with E-state index >= 15 is 0 Å². The van der Waals surface area contributed by atoms with Gasteiger partial charge < -0.3 is 14.6 Å². The van der Waals surface area contributed by atoms with E-state index in [9.17, 15) is 19.8 Å². The summed E-state index contributed by atoms with van der Waals surface area (Å²) >= 11 is 4.39. The van der Waals surface area contributed by atoms with E-state index in [0.29, 0.717) is 10.2 Å². The Labute approximate surface area is 170 Å². The van der Waals surface area contributed by atoms with Crippen molar-refractivity contribution in [2.24, 2.45) is 0 Å². The fraction of sp³-hybridized carbons (Fsp3) is 0.111. The highest BCUT2D eigenvalue weighted by Gasteiger charge is 2.47. The van der Waals surface area contributed by atoms with Crippen molar-refractivity contribution in [2.75, 3.05) is 4.90 Å². The maximum absolute atomic E-state index is 13.1. The Bertz CT molecular complexity index is 1120. The highest BCUT2D eigenvalue weighted by atomic mass is 79.9. The van der Waals surface area contributed by atoms with Gasteiger partial charge in [0, 0.05) is 10.0 Å². The Morgan fingerprint density at radius 2 is 2.07 bits per heavy atom. The van der Waals surface area contributed by atoms with Gasteiger partial charge in [-0.05, 0) is 37.3 Å². The number of aliphatic hydroxyl groups excluding tert-OH is 1. The zero-order chi connectivity index (χ0) is 20.0. The number of phenolic OH excluding ortho intramolecular Hbond substituents is 1. The van der Waals surface area contributed by atoms with Gasteiger partial charge in [0.25, 0.3) is 5.91 Å². The monoisotopic (exact) mass is 461 g/mol. The zero-order valence-corrected chi connectivity index (χ0v) is 16.7. The number of carbonyl (C=O) groups excluding carboxylic acids is 2. The first kappa shape index (κ1) is 18.4. The van der Waals surface area contributed by atoms with Crippen molar-refractivity contribution in [3.8, 4) is 5.75 Å². The molecule has 0 bridgehead atoms. The molecule has 1 aromatic carbocycles. The molecule has 2 N–H and O–H groups in total. The molecule has 3 aromatic rings. The molecule has 1 unspecified atom stereocenters. The molecule has 1 atom stereocenters. The lowest BCUT2D eigenvalue weighted by molar-refractivity contribution is -0.117. The lowest BCUT2D eigenvalue weighted by Crippen LogP contribution is -2.31. The largest absolute Gasteiger partial charge is 0.508 e. The summed E-state index contributed by atoms with van der Waals surface area (Å²) in [7, 11) is 0. The van der Waals surface area contributed by atoms with Crippen LogP contribution in [-0.2, 0) is 4.79 Å². The van der Waals surface area contributed by atoms with E-state index in [1.807, 2.05) is 0 Å². The topological polar surface area (TPSA) is 117 Å². The van der Waals surface area contributed by atoms with Crippen LogP contribution >= 0.6 is 27.3 Å². The lowest BCUT2D eigenvalue weighted by atomic mass is 9.94. The van der Waals surface area contributed by atoms with Gasteiger partial charge in [-0.1, -0.05) is 27.3 Å². The molecule has 8 nitrogen and oxygen atoms in total. The number of ketones is 1. The predicted octanol–water partition coefficient (Wildman–Crippen LogP) is 3.69. The number of hydrogen-bond acceptors (Lipinski definition) is 8. The van der Waals surface area contributed by atoms with Crippen LogP contribution in [-0.4, -0.2) is 32.1 Å². The summed E-state index contributed by atoms with van der Waals surface area (Å²) in [6.07, 6.45) is 0. The third kappa shape index (κ3) is 2.90. The average Bonchev–Trinajstić information content (AvgIpc) is 3.38. The van der Waals surface area contributed by atoms with Crippen LogP contribution in [0.15, 0.2) is 56.1 Å². The highest BCUT2D eigenvalue weighted by Crippen LogP contribution is 2.45. The Kier molecular flexibility index (Phi) is 4.52. The zero-order valence-electron chi connectivity index (χ0n) is 14.3. The first-order valence-electron chi connectivity index (χ1n) is 8.01. The van der Waals surface area contributed by atoms with E-state index in [1.165, 1.54) is 17.6 Å². The van der Waals surface area contributed by atoms with Gasteiger partial charge in [0.05, 0.1) is 5.57 Å². The maximum Gasteiger partial charge on any atom is 0.296 e. The summed E-state index contributed by atoms with van der Waals surface area (Å²) in [5.74, 6) is -1.85. The van der Waals surface area contributed by atoms with Crippen molar-refractivity contribution < 1.29 is 24.2 Å². The Balaban J connectivity index is 1.92. The van der Waals surface area contributed by atoms with Crippen LogP contribution in [0.5, 0.6) is 5.75 Å². The molecule has 4 rings (SSSR count). The standard InChI is InChI=1S/C18H12BrN3O5S/c1-8-2-5-12(27-8)15(24)13-14(10-6-9(19)3-4-11(10)23)22(17(26)16(13)25)18-21-20-7-28-18/h2-7,14,23,25H,1H3. The van der Waals surface area contributed by atoms with Crippen molar-refractivity contribution in [1.29, 1.82) is 0 Å². The number of hydrogen-bond donors (Lipinski definition) is 2. The van der Waals surface area contributed by atoms with Crippen molar-refractivity contribution >= 4 is 44.1 Å². The van der Waals surface area contributed by atoms with Crippen LogP contribution in [0.3, 0.4) is 0 Å². The second-order valence-corrected chi connectivity index (χ2v) is 7.73. The van der Waals surface area contributed by atoms with Gasteiger partial charge >= 0.3 is 0 Å². The number of aryl methyl sites for hydroxylation is 1. The van der Waals surface area contributed by atoms with Crippen molar-refractivity contribution in [2.45, 2.75) is 13.0 Å². The highest BCUT2D eigenvalue weighted by molar-refractivity contribution is 9.10. The molecule has 142 valence electrons. The Hall–Kier alpha value is -2.98. The van der Waals surface area contributed by atoms with Crippen LogP contribution in [0.4, 0.5) is 5.13 Å². The van der Waals surface area contributed by atoms with Gasteiger partial charge in [0.15, 0.2) is 11.5 Å². The molecule has 2 aromatic heterocycles. The molecule has 0 saturated heterocycles. The molecule has 0 saturated carbocycles. The summed E-state index contributed by atoms with van der Waals surface area (Å²) in [5, 5.41) is 28.8. The summed E-state index contributed by atoms with van der Waals surface area (Å²) in [5.41, 5.74) is 1.46. The molecule has 0 fully saturated rings. The summed E-state index contributed by atoms with van der Waals surface area (Å²) in [4.78, 5) is 27.0. The smallest absolute Gasteiger partial charge is 0.296 e. The number of Topliss-reactive ketones (excluding diaryl/α,β-unsaturated/α-hetero) is 1. The fourth-order valence-corrected chi connectivity index (χ4v) is 4.00. The van der Waals surface area contributed by atoms with E-state index in [-0.39, 0.29) is 27.8 Å². The summed E-state index contributed by atoms with van der Waals surface area (Å²) < 4.78 is 6.01. The number of halogens is 1. The van der Waals surface area contributed by atoms with Crippen LogP contribution in [0.1, 0.15) is 27.9 Å². The van der Waals surface area contributed by atoms with Gasteiger partial charge in [-0.3, -0.25) is 14.5 Å². The molecule has 0 aliphatic carbocycles. The first-order valence-corrected chi connectivity index (χ1v) is 9.68. The van der Waals surface area contributed by atoms with Crippen LogP contribution in [0, 0.1) is 6.92 Å². The maximum atomic E-state index is 13.1. The number of furan rings is 1. The van der Waals surface area contributed by atoms with E-state index in [4.69, 9.17) is 4.42 Å². The minimum atomic E-state index is -1.10. The first-order chi connectivity index (χ1) is 13.4. The number of amides is 1. The number of rotatable bonds is 4. The number of aromatic hydroxyl groups is 1. The molecule has 1 aliphatic heterocycles. The Morgan fingerprint density at radius 1 is 1.29 bits per heavy atom. The number of phenols is 1. The van der Waals surface area contributed by atoms with E-state index in [0.717, 1.165) is 16.2 Å². The molecule has 28 heavy (non-hydrogen) atoms. The quantitative estimate of drug-likeness (QED) is 0.568. The second-order valence-electron chi connectivity index (χ2n) is 6.00. The second kappa shape index (κ2) is 6.88. The van der Waals surface area contributed by atoms with E-state index < -0.39 is 23.5 Å². The Morgan fingerprint density at radius 3 is 2.71 bits per heavy atom. The third-order valence-corrected chi connectivity index (χ3v) is 5.44. The van der Waals surface area contributed by atoms with Crippen molar-refractivity contribution in [1.82, 2.24) is 10.2 Å². The number of aliphatic hydroxyl groups is 1. The molecular formula is C18H12BrN3O5S. The molecular weight excluding hydrogens is 450 g/mol. The molecule has 0 spiro atoms. The molecule has 3 heterocycles. The van der Waals surface area contributed by atoms with Gasteiger partial charge in [-0.25, -0.2) is 0 Å². The minimum absolute atomic E-state index is 0.0227. The van der Waals surface area contributed by atoms with Crippen LogP contribution < -0.4 is 4.90 Å². The lowest BCUT2D eigenvalue weighted by Gasteiger charge is -2.24. The van der Waals surface area contributed by atoms with Gasteiger partial charge in [0.1, 0.15) is 23.1 Å². The van der Waals surface area contributed by atoms with Gasteiger partial charge in [0.2, 0.25) is 10.9 Å².